The van der Waals surface area contributed by atoms with Crippen molar-refractivity contribution in [2.24, 2.45) is 0 Å². The predicted molar refractivity (Wildman–Crippen MR) is 77.1 cm³/mol. The lowest BCUT2D eigenvalue weighted by Crippen LogP contribution is -2.00. The molecule has 1 aromatic carbocycles. The van der Waals surface area contributed by atoms with E-state index in [2.05, 4.69) is 9.97 Å². The summed E-state index contributed by atoms with van der Waals surface area (Å²) in [5, 5.41) is 9.37. The second-order valence-corrected chi connectivity index (χ2v) is 5.08. The molecule has 5 nitrogen and oxygen atoms in total. The van der Waals surface area contributed by atoms with Gasteiger partial charge in [-0.1, -0.05) is 23.9 Å². The number of carboxylic acids is 1. The number of nitrogens with zero attached hydrogens (tertiary/aromatic N) is 2. The number of ether oxygens (including phenoxy) is 1. The number of carboxylic acid groups (broad SMARTS) is 1. The second-order valence-electron chi connectivity index (χ2n) is 4.09. The van der Waals surface area contributed by atoms with Crippen molar-refractivity contribution < 1.29 is 14.6 Å². The molecule has 0 aliphatic rings. The van der Waals surface area contributed by atoms with E-state index < -0.39 is 5.97 Å². The van der Waals surface area contributed by atoms with Crippen LogP contribution in [-0.2, 0) is 4.79 Å². The number of thioether (sulfide) groups is 1. The van der Waals surface area contributed by atoms with Gasteiger partial charge in [0, 0.05) is 11.3 Å². The fourth-order valence-corrected chi connectivity index (χ4v) is 2.32. The molecular weight excluding hydrogens is 276 g/mol. The molecule has 2 rings (SSSR count). The van der Waals surface area contributed by atoms with Crippen molar-refractivity contribution in [1.82, 2.24) is 9.97 Å². The smallest absolute Gasteiger partial charge is 0.313 e. The molecule has 6 heteroatoms. The zero-order chi connectivity index (χ0) is 14.5. The van der Waals surface area contributed by atoms with Crippen LogP contribution in [0.25, 0.3) is 11.4 Å². The van der Waals surface area contributed by atoms with Crippen LogP contribution in [0.4, 0.5) is 0 Å². The minimum Gasteiger partial charge on any atom is -0.497 e. The van der Waals surface area contributed by atoms with Gasteiger partial charge in [0.25, 0.3) is 0 Å². The van der Waals surface area contributed by atoms with Gasteiger partial charge in [-0.25, -0.2) is 9.97 Å². The summed E-state index contributed by atoms with van der Waals surface area (Å²) in [6.45, 7) is 1.86. The van der Waals surface area contributed by atoms with Crippen LogP contribution in [0.5, 0.6) is 5.75 Å². The molecular formula is C14H14N2O3S. The molecule has 104 valence electrons. The largest absolute Gasteiger partial charge is 0.497 e. The summed E-state index contributed by atoms with van der Waals surface area (Å²) < 4.78 is 5.18. The van der Waals surface area contributed by atoms with Gasteiger partial charge in [-0.3, -0.25) is 4.79 Å². The average molecular weight is 290 g/mol. The SMILES string of the molecule is COc1cccc(-c2nc(C)cc(SCC(=O)O)n2)c1. The predicted octanol–water partition coefficient (Wildman–Crippen LogP) is 2.64. The van der Waals surface area contributed by atoms with E-state index >= 15 is 0 Å². The Morgan fingerprint density at radius 2 is 2.15 bits per heavy atom. The Morgan fingerprint density at radius 3 is 2.85 bits per heavy atom. The Kier molecular flexibility index (Phi) is 4.57. The minimum atomic E-state index is -0.866. The van der Waals surface area contributed by atoms with Crippen molar-refractivity contribution in [1.29, 1.82) is 0 Å². The summed E-state index contributed by atoms with van der Waals surface area (Å²) in [7, 11) is 1.60. The number of aryl methyl sites for hydroxylation is 1. The van der Waals surface area contributed by atoms with Crippen molar-refractivity contribution in [2.75, 3.05) is 12.9 Å². The standard InChI is InChI=1S/C14H14N2O3S/c1-9-6-12(20-8-13(17)18)16-14(15-9)10-4-3-5-11(7-10)19-2/h3-7H,8H2,1-2H3,(H,17,18). The van der Waals surface area contributed by atoms with Crippen LogP contribution in [0.15, 0.2) is 35.4 Å². The van der Waals surface area contributed by atoms with Gasteiger partial charge in [-0.05, 0) is 25.1 Å². The highest BCUT2D eigenvalue weighted by Crippen LogP contribution is 2.24. The van der Waals surface area contributed by atoms with E-state index in [-0.39, 0.29) is 5.75 Å². The lowest BCUT2D eigenvalue weighted by Gasteiger charge is -2.06. The van der Waals surface area contributed by atoms with Gasteiger partial charge < -0.3 is 9.84 Å². The first-order chi connectivity index (χ1) is 9.58. The summed E-state index contributed by atoms with van der Waals surface area (Å²) in [6, 6.07) is 9.23. The van der Waals surface area contributed by atoms with Crippen LogP contribution >= 0.6 is 11.8 Å². The van der Waals surface area contributed by atoms with E-state index in [0.29, 0.717) is 10.9 Å². The van der Waals surface area contributed by atoms with Crippen molar-refractivity contribution in [3.63, 3.8) is 0 Å². The van der Waals surface area contributed by atoms with Crippen molar-refractivity contribution in [3.05, 3.63) is 36.0 Å². The lowest BCUT2D eigenvalue weighted by atomic mass is 10.2. The number of hydrogen-bond donors (Lipinski definition) is 1. The molecule has 0 fully saturated rings. The highest BCUT2D eigenvalue weighted by Gasteiger charge is 2.08. The molecule has 0 bridgehead atoms. The number of rotatable bonds is 5. The zero-order valence-electron chi connectivity index (χ0n) is 11.2. The molecule has 0 aliphatic heterocycles. The summed E-state index contributed by atoms with van der Waals surface area (Å²) in [6.07, 6.45) is 0. The molecule has 20 heavy (non-hydrogen) atoms. The minimum absolute atomic E-state index is 0.0198. The molecule has 0 amide bonds. The Labute approximate surface area is 121 Å². The normalized spacial score (nSPS) is 10.3. The summed E-state index contributed by atoms with van der Waals surface area (Å²) in [4.78, 5) is 19.4. The highest BCUT2D eigenvalue weighted by atomic mass is 32.2. The van der Waals surface area contributed by atoms with Crippen molar-refractivity contribution >= 4 is 17.7 Å². The molecule has 0 saturated carbocycles. The molecule has 1 heterocycles. The van der Waals surface area contributed by atoms with Crippen molar-refractivity contribution in [2.45, 2.75) is 11.9 Å². The highest BCUT2D eigenvalue weighted by molar-refractivity contribution is 7.99. The third-order valence-electron chi connectivity index (χ3n) is 2.50. The van der Waals surface area contributed by atoms with E-state index in [1.807, 2.05) is 31.2 Å². The maximum Gasteiger partial charge on any atom is 0.313 e. The fourth-order valence-electron chi connectivity index (χ4n) is 1.64. The first-order valence-electron chi connectivity index (χ1n) is 5.93. The van der Waals surface area contributed by atoms with Crippen LogP contribution in [0.1, 0.15) is 5.69 Å². The number of hydrogen-bond acceptors (Lipinski definition) is 5. The quantitative estimate of drug-likeness (QED) is 0.674. The number of benzene rings is 1. The molecule has 0 aliphatic carbocycles. The van der Waals surface area contributed by atoms with E-state index in [9.17, 15) is 4.79 Å². The number of carbonyl (C=O) groups is 1. The van der Waals surface area contributed by atoms with Gasteiger partial charge in [-0.2, -0.15) is 0 Å². The maximum absolute atomic E-state index is 10.6. The zero-order valence-corrected chi connectivity index (χ0v) is 12.0. The van der Waals surface area contributed by atoms with Crippen LogP contribution in [0, 0.1) is 6.92 Å². The molecule has 0 radical (unpaired) electrons. The van der Waals surface area contributed by atoms with E-state index in [0.717, 1.165) is 17.0 Å². The number of methoxy groups -OCH3 is 1. The average Bonchev–Trinajstić information content (AvgIpc) is 2.44. The van der Waals surface area contributed by atoms with Crippen LogP contribution < -0.4 is 4.74 Å². The molecule has 2 aromatic rings. The lowest BCUT2D eigenvalue weighted by molar-refractivity contribution is -0.133. The Hall–Kier alpha value is -2.08. The van der Waals surface area contributed by atoms with E-state index in [4.69, 9.17) is 9.84 Å². The molecule has 1 N–H and O–H groups in total. The van der Waals surface area contributed by atoms with E-state index in [1.54, 1.807) is 13.2 Å². The number of aliphatic carboxylic acids is 1. The Morgan fingerprint density at radius 1 is 1.35 bits per heavy atom. The van der Waals surface area contributed by atoms with E-state index in [1.165, 1.54) is 11.8 Å². The van der Waals surface area contributed by atoms with Gasteiger partial charge >= 0.3 is 5.97 Å². The first-order valence-corrected chi connectivity index (χ1v) is 6.92. The fraction of sp³-hybridized carbons (Fsp3) is 0.214. The third-order valence-corrected chi connectivity index (χ3v) is 3.40. The monoisotopic (exact) mass is 290 g/mol. The second kappa shape index (κ2) is 6.38. The molecule has 0 saturated heterocycles. The number of aromatic nitrogens is 2. The van der Waals surface area contributed by atoms with Gasteiger partial charge in [0.15, 0.2) is 5.82 Å². The van der Waals surface area contributed by atoms with Crippen LogP contribution in [0.3, 0.4) is 0 Å². The Balaban J connectivity index is 2.33. The third kappa shape index (κ3) is 3.71. The molecule has 1 aromatic heterocycles. The topological polar surface area (TPSA) is 72.3 Å². The van der Waals surface area contributed by atoms with Gasteiger partial charge in [-0.15, -0.1) is 0 Å². The maximum atomic E-state index is 10.6. The van der Waals surface area contributed by atoms with Gasteiger partial charge in [0.05, 0.1) is 12.9 Å². The molecule has 0 unspecified atom stereocenters. The van der Waals surface area contributed by atoms with Gasteiger partial charge in [0.1, 0.15) is 10.8 Å². The Bertz CT molecular complexity index is 632. The first kappa shape index (κ1) is 14.3. The van der Waals surface area contributed by atoms with Crippen LogP contribution in [0.2, 0.25) is 0 Å². The van der Waals surface area contributed by atoms with Crippen molar-refractivity contribution in [3.8, 4) is 17.1 Å². The van der Waals surface area contributed by atoms with Crippen LogP contribution in [-0.4, -0.2) is 33.9 Å². The molecule has 0 spiro atoms. The summed E-state index contributed by atoms with van der Waals surface area (Å²) in [5.74, 6) is 0.409. The molecule has 0 atom stereocenters. The summed E-state index contributed by atoms with van der Waals surface area (Å²) >= 11 is 1.18. The van der Waals surface area contributed by atoms with Gasteiger partial charge in [0.2, 0.25) is 0 Å². The summed E-state index contributed by atoms with van der Waals surface area (Å²) in [5.41, 5.74) is 1.64.